The van der Waals surface area contributed by atoms with Crippen molar-refractivity contribution in [3.05, 3.63) is 53.1 Å². The van der Waals surface area contributed by atoms with Crippen molar-refractivity contribution < 1.29 is 59.7 Å². The maximum absolute atomic E-state index is 13.0. The van der Waals surface area contributed by atoms with Gasteiger partial charge in [-0.15, -0.1) is 26.3 Å². The van der Waals surface area contributed by atoms with Crippen LogP contribution in [0.5, 0.6) is 11.5 Å². The number of esters is 3. The van der Waals surface area contributed by atoms with Gasteiger partial charge < -0.3 is 18.9 Å². The average Bonchev–Trinajstić information content (AvgIpc) is 3.06. The Labute approximate surface area is 172 Å². The fraction of sp³-hybridized carbons (Fsp3) is 0.105. The molecule has 0 unspecified atom stereocenters. The Hall–Kier alpha value is -4.03. The molecule has 0 radical (unpaired) electrons. The number of ether oxygens (including phenoxy) is 4. The molecule has 0 amide bonds. The molecule has 2 aliphatic heterocycles. The summed E-state index contributed by atoms with van der Waals surface area (Å²) in [5, 5.41) is 0. The van der Waals surface area contributed by atoms with Crippen LogP contribution < -0.4 is 9.47 Å². The second kappa shape index (κ2) is 6.73. The van der Waals surface area contributed by atoms with Gasteiger partial charge in [0, 0.05) is 16.7 Å². The van der Waals surface area contributed by atoms with Gasteiger partial charge in [-0.2, -0.15) is 0 Å². The summed E-state index contributed by atoms with van der Waals surface area (Å²) in [6.07, 6.45) is -10.6. The van der Waals surface area contributed by atoms with Gasteiger partial charge in [0.05, 0.1) is 16.7 Å². The normalized spacial score (nSPS) is 15.3. The SMILES string of the molecule is C=C1OC(=O)c2cc(-c3cc4c(cc3OC(F)(F)F)C(=O)OC4=O)c(OC(F)(F)F)cc21. The first-order valence-corrected chi connectivity index (χ1v) is 8.29. The average molecular weight is 460 g/mol. The summed E-state index contributed by atoms with van der Waals surface area (Å²) < 4.78 is 94.7. The maximum Gasteiger partial charge on any atom is 0.573 e. The molecule has 2 aromatic rings. The number of fused-ring (bicyclic) bond motifs is 2. The highest BCUT2D eigenvalue weighted by Gasteiger charge is 2.39. The summed E-state index contributed by atoms with van der Waals surface area (Å²) in [7, 11) is 0. The molecule has 13 heteroatoms. The van der Waals surface area contributed by atoms with Crippen LogP contribution in [-0.2, 0) is 9.47 Å². The van der Waals surface area contributed by atoms with Crippen molar-refractivity contribution >= 4 is 23.7 Å². The number of benzene rings is 2. The lowest BCUT2D eigenvalue weighted by Crippen LogP contribution is -2.19. The van der Waals surface area contributed by atoms with Gasteiger partial charge >= 0.3 is 30.6 Å². The summed E-state index contributed by atoms with van der Waals surface area (Å²) in [5.74, 6) is -6.03. The van der Waals surface area contributed by atoms with Crippen LogP contribution in [-0.4, -0.2) is 30.6 Å². The molecule has 4 rings (SSSR count). The summed E-state index contributed by atoms with van der Waals surface area (Å²) >= 11 is 0. The summed E-state index contributed by atoms with van der Waals surface area (Å²) in [6, 6.07) is 2.63. The second-order valence-electron chi connectivity index (χ2n) is 6.37. The van der Waals surface area contributed by atoms with Gasteiger partial charge in [0.15, 0.2) is 0 Å². The number of cyclic esters (lactones) is 3. The molecule has 7 nitrogen and oxygen atoms in total. The molecule has 0 fully saturated rings. The van der Waals surface area contributed by atoms with Crippen molar-refractivity contribution in [1.29, 1.82) is 0 Å². The number of carbonyl (C=O) groups excluding carboxylic acids is 3. The highest BCUT2D eigenvalue weighted by Crippen LogP contribution is 2.46. The van der Waals surface area contributed by atoms with Gasteiger partial charge in [0.2, 0.25) is 0 Å². The van der Waals surface area contributed by atoms with Crippen molar-refractivity contribution in [2.75, 3.05) is 0 Å². The molecular formula is C19H6F6O7. The van der Waals surface area contributed by atoms with Crippen LogP contribution in [0.25, 0.3) is 16.9 Å². The molecule has 0 saturated heterocycles. The van der Waals surface area contributed by atoms with Crippen LogP contribution in [0.3, 0.4) is 0 Å². The Kier molecular flexibility index (Phi) is 4.46. The Morgan fingerprint density at radius 2 is 0.969 bits per heavy atom. The molecule has 0 aromatic heterocycles. The van der Waals surface area contributed by atoms with E-state index in [4.69, 9.17) is 4.74 Å². The predicted molar refractivity (Wildman–Crippen MR) is 89.4 cm³/mol. The van der Waals surface area contributed by atoms with Gasteiger partial charge in [-0.1, -0.05) is 6.58 Å². The predicted octanol–water partition coefficient (Wildman–Crippen LogP) is 4.60. The number of hydrogen-bond donors (Lipinski definition) is 0. The highest BCUT2D eigenvalue weighted by atomic mass is 19.4. The van der Waals surface area contributed by atoms with E-state index in [0.717, 1.165) is 6.07 Å². The van der Waals surface area contributed by atoms with Crippen molar-refractivity contribution in [2.24, 2.45) is 0 Å². The molecule has 2 aromatic carbocycles. The number of rotatable bonds is 3. The minimum Gasteiger partial charge on any atom is -0.423 e. The molecule has 0 bridgehead atoms. The van der Waals surface area contributed by atoms with E-state index in [1.54, 1.807) is 0 Å². The molecule has 0 aliphatic carbocycles. The molecule has 0 spiro atoms. The first kappa shape index (κ1) is 21.2. The zero-order valence-electron chi connectivity index (χ0n) is 15.1. The van der Waals surface area contributed by atoms with E-state index in [-0.39, 0.29) is 16.9 Å². The standard InChI is InChI=1S/C19H6F6O7/c1-6-7-4-13(31-18(20,21)22)8(2-10(7)15(26)29-6)9-3-11-12(17(28)30-16(11)27)5-14(9)32-19(23,24)25/h2-5H,1H2. The third-order valence-corrected chi connectivity index (χ3v) is 4.34. The van der Waals surface area contributed by atoms with E-state index in [1.807, 2.05) is 0 Å². The zero-order valence-corrected chi connectivity index (χ0v) is 15.1. The number of alkyl halides is 6. The van der Waals surface area contributed by atoms with E-state index in [2.05, 4.69) is 20.8 Å². The van der Waals surface area contributed by atoms with Gasteiger partial charge in [0.25, 0.3) is 0 Å². The van der Waals surface area contributed by atoms with Gasteiger partial charge in [0.1, 0.15) is 17.3 Å². The molecule has 2 heterocycles. The number of halogens is 6. The first-order valence-electron chi connectivity index (χ1n) is 8.29. The van der Waals surface area contributed by atoms with Crippen molar-refractivity contribution in [3.8, 4) is 22.6 Å². The Balaban J connectivity index is 2.02. The molecule has 2 aliphatic rings. The Morgan fingerprint density at radius 1 is 0.594 bits per heavy atom. The summed E-state index contributed by atoms with van der Waals surface area (Å²) in [5.41, 5.74) is -3.07. The van der Waals surface area contributed by atoms with Crippen LogP contribution in [0.4, 0.5) is 26.3 Å². The van der Waals surface area contributed by atoms with Gasteiger partial charge in [-0.05, 0) is 24.3 Å². The lowest BCUT2D eigenvalue weighted by atomic mass is 9.94. The second-order valence-corrected chi connectivity index (χ2v) is 6.37. The van der Waals surface area contributed by atoms with E-state index in [1.165, 1.54) is 0 Å². The molecule has 0 N–H and O–H groups in total. The number of hydrogen-bond acceptors (Lipinski definition) is 7. The molecule has 0 atom stereocenters. The third-order valence-electron chi connectivity index (χ3n) is 4.34. The van der Waals surface area contributed by atoms with E-state index < -0.39 is 64.4 Å². The topological polar surface area (TPSA) is 88.1 Å². The molecule has 32 heavy (non-hydrogen) atoms. The zero-order chi connectivity index (χ0) is 23.6. The Morgan fingerprint density at radius 3 is 1.44 bits per heavy atom. The van der Waals surface area contributed by atoms with Gasteiger partial charge in [-0.25, -0.2) is 14.4 Å². The minimum absolute atomic E-state index is 0.188. The fourth-order valence-electron chi connectivity index (χ4n) is 3.15. The van der Waals surface area contributed by atoms with Crippen molar-refractivity contribution in [1.82, 2.24) is 0 Å². The lowest BCUT2D eigenvalue weighted by Gasteiger charge is -2.18. The third kappa shape index (κ3) is 3.72. The first-order chi connectivity index (χ1) is 14.7. The van der Waals surface area contributed by atoms with Crippen molar-refractivity contribution in [3.63, 3.8) is 0 Å². The summed E-state index contributed by atoms with van der Waals surface area (Å²) in [6.45, 7) is 3.37. The lowest BCUT2D eigenvalue weighted by molar-refractivity contribution is -0.276. The van der Waals surface area contributed by atoms with Gasteiger partial charge in [-0.3, -0.25) is 0 Å². The molecular weight excluding hydrogens is 454 g/mol. The Bertz CT molecular complexity index is 1130. The van der Waals surface area contributed by atoms with Crippen LogP contribution in [0.1, 0.15) is 36.6 Å². The minimum atomic E-state index is -5.33. The molecule has 0 saturated carbocycles. The smallest absolute Gasteiger partial charge is 0.423 e. The van der Waals surface area contributed by atoms with Crippen LogP contribution in [0, 0.1) is 0 Å². The van der Waals surface area contributed by atoms with E-state index >= 15 is 0 Å². The maximum atomic E-state index is 13.0. The molecule has 166 valence electrons. The van der Waals surface area contributed by atoms with E-state index in [9.17, 15) is 40.7 Å². The quantitative estimate of drug-likeness (QED) is 0.376. The monoisotopic (exact) mass is 460 g/mol. The van der Waals surface area contributed by atoms with Crippen molar-refractivity contribution in [2.45, 2.75) is 12.7 Å². The summed E-state index contributed by atoms with van der Waals surface area (Å²) in [4.78, 5) is 35.5. The fourth-order valence-corrected chi connectivity index (χ4v) is 3.15. The van der Waals surface area contributed by atoms with E-state index in [0.29, 0.717) is 18.2 Å². The highest BCUT2D eigenvalue weighted by molar-refractivity contribution is 6.16. The van der Waals surface area contributed by atoms with Crippen LogP contribution >= 0.6 is 0 Å². The largest absolute Gasteiger partial charge is 0.573 e. The number of carbonyl (C=O) groups is 3. The van der Waals surface area contributed by atoms with Crippen LogP contribution in [0.2, 0.25) is 0 Å². The van der Waals surface area contributed by atoms with Crippen LogP contribution in [0.15, 0.2) is 30.8 Å².